The van der Waals surface area contributed by atoms with Crippen molar-refractivity contribution in [1.29, 1.82) is 0 Å². The van der Waals surface area contributed by atoms with Gasteiger partial charge in [-0.1, -0.05) is 38.1 Å². The van der Waals surface area contributed by atoms with Gasteiger partial charge in [-0.2, -0.15) is 0 Å². The topological polar surface area (TPSA) is 52.0 Å². The van der Waals surface area contributed by atoms with Gasteiger partial charge in [0.2, 0.25) is 0 Å². The third-order valence-corrected chi connectivity index (χ3v) is 2.63. The number of hydrogen-bond acceptors (Lipinski definition) is 2. The molecule has 4 N–H and O–H groups in total. The van der Waals surface area contributed by atoms with E-state index in [1.807, 2.05) is 0 Å². The first kappa shape index (κ1) is 11.2. The van der Waals surface area contributed by atoms with E-state index in [0.717, 1.165) is 0 Å². The van der Waals surface area contributed by atoms with Crippen molar-refractivity contribution in [3.63, 3.8) is 0 Å². The highest BCUT2D eigenvalue weighted by Crippen LogP contribution is 2.24. The summed E-state index contributed by atoms with van der Waals surface area (Å²) in [6, 6.07) is 8.43. The largest absolute Gasteiger partial charge is 0.330 e. The van der Waals surface area contributed by atoms with Crippen LogP contribution in [0.5, 0.6) is 0 Å². The third kappa shape index (κ3) is 2.34. The highest BCUT2D eigenvalue weighted by atomic mass is 14.6. The van der Waals surface area contributed by atoms with Gasteiger partial charge < -0.3 is 11.5 Å². The number of rotatable bonds is 4. The van der Waals surface area contributed by atoms with E-state index in [0.29, 0.717) is 24.9 Å². The van der Waals surface area contributed by atoms with Gasteiger partial charge in [-0.05, 0) is 17.0 Å². The Bertz CT molecular complexity index is 277. The molecule has 0 fully saturated rings. The van der Waals surface area contributed by atoms with Gasteiger partial charge >= 0.3 is 0 Å². The molecule has 0 unspecified atom stereocenters. The third-order valence-electron chi connectivity index (χ3n) is 2.63. The van der Waals surface area contributed by atoms with E-state index in [-0.39, 0.29) is 0 Å². The van der Waals surface area contributed by atoms with Gasteiger partial charge in [-0.3, -0.25) is 0 Å². The van der Waals surface area contributed by atoms with Crippen molar-refractivity contribution in [2.24, 2.45) is 11.5 Å². The van der Waals surface area contributed by atoms with Gasteiger partial charge in [0.25, 0.3) is 0 Å². The van der Waals surface area contributed by atoms with Crippen LogP contribution in [-0.4, -0.2) is 13.1 Å². The maximum Gasteiger partial charge on any atom is 0.00869 e. The molecule has 0 aromatic heterocycles. The lowest BCUT2D eigenvalue weighted by atomic mass is 9.89. The Balaban J connectivity index is 3.05. The minimum atomic E-state index is 0.300. The molecule has 0 amide bonds. The highest BCUT2D eigenvalue weighted by Gasteiger charge is 2.13. The smallest absolute Gasteiger partial charge is 0.00869 e. The van der Waals surface area contributed by atoms with Crippen LogP contribution in [0.2, 0.25) is 0 Å². The number of benzene rings is 1. The zero-order valence-electron chi connectivity index (χ0n) is 9.03. The molecule has 0 aliphatic carbocycles. The fourth-order valence-electron chi connectivity index (χ4n) is 1.76. The Hall–Kier alpha value is -0.860. The quantitative estimate of drug-likeness (QED) is 0.764. The molecule has 0 spiro atoms. The van der Waals surface area contributed by atoms with Crippen molar-refractivity contribution >= 4 is 0 Å². The zero-order valence-corrected chi connectivity index (χ0v) is 9.03. The summed E-state index contributed by atoms with van der Waals surface area (Å²) in [6.07, 6.45) is 0. The molecule has 1 rings (SSSR count). The van der Waals surface area contributed by atoms with Crippen LogP contribution in [0.25, 0.3) is 0 Å². The minimum Gasteiger partial charge on any atom is -0.330 e. The molecular formula is C12H20N2. The van der Waals surface area contributed by atoms with E-state index in [1.54, 1.807) is 0 Å². The predicted octanol–water partition coefficient (Wildman–Crippen LogP) is 1.81. The van der Waals surface area contributed by atoms with E-state index in [2.05, 4.69) is 38.1 Å². The van der Waals surface area contributed by atoms with Crippen molar-refractivity contribution in [3.8, 4) is 0 Å². The predicted molar refractivity (Wildman–Crippen MR) is 61.4 cm³/mol. The summed E-state index contributed by atoms with van der Waals surface area (Å²) in [5, 5.41) is 0. The molecule has 1 aromatic rings. The van der Waals surface area contributed by atoms with E-state index in [1.165, 1.54) is 11.1 Å². The van der Waals surface area contributed by atoms with Crippen molar-refractivity contribution in [3.05, 3.63) is 35.4 Å². The van der Waals surface area contributed by atoms with Gasteiger partial charge in [-0.15, -0.1) is 0 Å². The summed E-state index contributed by atoms with van der Waals surface area (Å²) in [5.41, 5.74) is 14.1. The average molecular weight is 192 g/mol. The van der Waals surface area contributed by atoms with E-state index >= 15 is 0 Å². The fourth-order valence-corrected chi connectivity index (χ4v) is 1.76. The summed E-state index contributed by atoms with van der Waals surface area (Å²) in [5.74, 6) is 0.834. The standard InChI is InChI=1S/C12H20N2/c1-9(2)11-5-3-4-6-12(11)10(7-13)8-14/h3-6,9-10H,7-8,13-14H2,1-2H3. The van der Waals surface area contributed by atoms with Crippen molar-refractivity contribution in [1.82, 2.24) is 0 Å². The average Bonchev–Trinajstić information content (AvgIpc) is 2.20. The molecule has 0 aliphatic rings. The molecule has 0 saturated carbocycles. The summed E-state index contributed by atoms with van der Waals surface area (Å²) in [6.45, 7) is 5.65. The first-order chi connectivity index (χ1) is 6.70. The van der Waals surface area contributed by atoms with Crippen LogP contribution in [0.3, 0.4) is 0 Å². The van der Waals surface area contributed by atoms with Gasteiger partial charge in [0, 0.05) is 19.0 Å². The van der Waals surface area contributed by atoms with E-state index < -0.39 is 0 Å². The second-order valence-corrected chi connectivity index (χ2v) is 3.95. The van der Waals surface area contributed by atoms with Crippen LogP contribution in [0, 0.1) is 0 Å². The molecule has 2 nitrogen and oxygen atoms in total. The normalized spacial score (nSPS) is 11.3. The second kappa shape index (κ2) is 5.13. The Morgan fingerprint density at radius 1 is 1.00 bits per heavy atom. The SMILES string of the molecule is CC(C)c1ccccc1C(CN)CN. The van der Waals surface area contributed by atoms with E-state index in [9.17, 15) is 0 Å². The van der Waals surface area contributed by atoms with Gasteiger partial charge in [-0.25, -0.2) is 0 Å². The molecule has 2 heteroatoms. The van der Waals surface area contributed by atoms with Gasteiger partial charge in [0.1, 0.15) is 0 Å². The highest BCUT2D eigenvalue weighted by molar-refractivity contribution is 5.33. The monoisotopic (exact) mass is 192 g/mol. The van der Waals surface area contributed by atoms with Crippen LogP contribution >= 0.6 is 0 Å². The van der Waals surface area contributed by atoms with Crippen LogP contribution in [0.4, 0.5) is 0 Å². The maximum absolute atomic E-state index is 5.70. The van der Waals surface area contributed by atoms with Gasteiger partial charge in [0.15, 0.2) is 0 Å². The molecule has 14 heavy (non-hydrogen) atoms. The lowest BCUT2D eigenvalue weighted by Gasteiger charge is -2.19. The molecule has 1 aromatic carbocycles. The summed E-state index contributed by atoms with van der Waals surface area (Å²) < 4.78 is 0. The van der Waals surface area contributed by atoms with Crippen molar-refractivity contribution < 1.29 is 0 Å². The molecule has 0 aliphatic heterocycles. The molecule has 0 radical (unpaired) electrons. The Labute approximate surface area is 86.3 Å². The summed E-state index contributed by atoms with van der Waals surface area (Å²) in [4.78, 5) is 0. The van der Waals surface area contributed by atoms with Crippen LogP contribution in [-0.2, 0) is 0 Å². The Morgan fingerprint density at radius 2 is 1.50 bits per heavy atom. The molecule has 78 valence electrons. The lowest BCUT2D eigenvalue weighted by molar-refractivity contribution is 0.688. The lowest BCUT2D eigenvalue weighted by Crippen LogP contribution is -2.22. The zero-order chi connectivity index (χ0) is 10.6. The summed E-state index contributed by atoms with van der Waals surface area (Å²) in [7, 11) is 0. The molecular weight excluding hydrogens is 172 g/mol. The van der Waals surface area contributed by atoms with Crippen molar-refractivity contribution in [2.45, 2.75) is 25.7 Å². The van der Waals surface area contributed by atoms with Crippen LogP contribution in [0.15, 0.2) is 24.3 Å². The summed E-state index contributed by atoms with van der Waals surface area (Å²) >= 11 is 0. The number of nitrogens with two attached hydrogens (primary N) is 2. The number of hydrogen-bond donors (Lipinski definition) is 2. The van der Waals surface area contributed by atoms with Crippen LogP contribution < -0.4 is 11.5 Å². The molecule has 0 atom stereocenters. The first-order valence-electron chi connectivity index (χ1n) is 5.19. The van der Waals surface area contributed by atoms with Crippen molar-refractivity contribution in [2.75, 3.05) is 13.1 Å². The van der Waals surface area contributed by atoms with E-state index in [4.69, 9.17) is 11.5 Å². The molecule has 0 heterocycles. The maximum atomic E-state index is 5.70. The first-order valence-corrected chi connectivity index (χ1v) is 5.19. The minimum absolute atomic E-state index is 0.300. The Kier molecular flexibility index (Phi) is 4.11. The van der Waals surface area contributed by atoms with Crippen LogP contribution in [0.1, 0.15) is 36.8 Å². The Morgan fingerprint density at radius 3 is 1.93 bits per heavy atom. The second-order valence-electron chi connectivity index (χ2n) is 3.95. The fraction of sp³-hybridized carbons (Fsp3) is 0.500. The molecule has 0 saturated heterocycles. The molecule has 0 bridgehead atoms. The van der Waals surface area contributed by atoms with Gasteiger partial charge in [0.05, 0.1) is 0 Å².